The van der Waals surface area contributed by atoms with E-state index < -0.39 is 17.4 Å². The minimum atomic E-state index is -0.784. The van der Waals surface area contributed by atoms with Gasteiger partial charge in [0.25, 0.3) is 0 Å². The monoisotopic (exact) mass is 512 g/mol. The predicted octanol–water partition coefficient (Wildman–Crippen LogP) is 5.37. The summed E-state index contributed by atoms with van der Waals surface area (Å²) in [6, 6.07) is 7.42. The molecule has 37 heavy (non-hydrogen) atoms. The molecule has 8 nitrogen and oxygen atoms in total. The van der Waals surface area contributed by atoms with Gasteiger partial charge in [0.05, 0.1) is 52.2 Å². The molecule has 0 spiro atoms. The van der Waals surface area contributed by atoms with Crippen LogP contribution in [0.1, 0.15) is 52.5 Å². The molecule has 3 atom stereocenters. The van der Waals surface area contributed by atoms with Gasteiger partial charge < -0.3 is 23.7 Å². The highest BCUT2D eigenvalue weighted by Gasteiger charge is 2.37. The lowest BCUT2D eigenvalue weighted by Gasteiger charge is -2.32. The second kappa shape index (κ2) is 13.7. The Hall–Kier alpha value is -3.47. The first kappa shape index (κ1) is 29.8. The van der Waals surface area contributed by atoms with Gasteiger partial charge in [-0.2, -0.15) is 5.26 Å². The van der Waals surface area contributed by atoms with Crippen LogP contribution in [0.2, 0.25) is 0 Å². The second-order valence-corrected chi connectivity index (χ2v) is 9.23. The van der Waals surface area contributed by atoms with Crippen LogP contribution in [0, 0.1) is 23.2 Å². The Kier molecular flexibility index (Phi) is 11.0. The number of methoxy groups -OCH3 is 4. The van der Waals surface area contributed by atoms with Crippen LogP contribution in [0.15, 0.2) is 46.9 Å². The van der Waals surface area contributed by atoms with Gasteiger partial charge in [0, 0.05) is 5.92 Å². The molecule has 0 amide bonds. The van der Waals surface area contributed by atoms with E-state index in [0.717, 1.165) is 5.56 Å². The summed E-state index contributed by atoms with van der Waals surface area (Å²) in [6.07, 6.45) is 5.33. The van der Waals surface area contributed by atoms with Gasteiger partial charge in [-0.3, -0.25) is 4.99 Å². The molecule has 0 radical (unpaired) electrons. The normalized spacial score (nSPS) is 18.7. The minimum absolute atomic E-state index is 0.0127. The molecule has 0 bridgehead atoms. The molecule has 0 fully saturated rings. The van der Waals surface area contributed by atoms with Gasteiger partial charge >= 0.3 is 5.97 Å². The van der Waals surface area contributed by atoms with Crippen molar-refractivity contribution >= 4 is 11.7 Å². The molecule has 3 unspecified atom stereocenters. The van der Waals surface area contributed by atoms with Crippen molar-refractivity contribution in [2.24, 2.45) is 16.8 Å². The molecular weight excluding hydrogens is 472 g/mol. The number of ether oxygens (including phenoxy) is 5. The highest BCUT2D eigenvalue weighted by atomic mass is 16.5. The molecular formula is C29H40N2O6. The fourth-order valence-corrected chi connectivity index (χ4v) is 4.62. The van der Waals surface area contributed by atoms with Crippen molar-refractivity contribution in [1.82, 2.24) is 0 Å². The third kappa shape index (κ3) is 6.65. The van der Waals surface area contributed by atoms with Gasteiger partial charge in [0.2, 0.25) is 0 Å². The summed E-state index contributed by atoms with van der Waals surface area (Å²) in [7, 11) is 6.28. The number of benzene rings is 1. The molecule has 0 saturated heterocycles. The fourth-order valence-electron chi connectivity index (χ4n) is 4.62. The topological polar surface area (TPSA) is 99.4 Å². The van der Waals surface area contributed by atoms with E-state index in [1.165, 1.54) is 0 Å². The number of hydrogen-bond donors (Lipinski definition) is 0. The number of rotatable bonds is 13. The molecule has 1 aromatic rings. The summed E-state index contributed by atoms with van der Waals surface area (Å²) in [5.74, 6) is 1.79. The average molecular weight is 513 g/mol. The first-order valence-electron chi connectivity index (χ1n) is 12.6. The zero-order valence-electron chi connectivity index (χ0n) is 23.3. The van der Waals surface area contributed by atoms with Crippen LogP contribution in [-0.4, -0.2) is 52.8 Å². The first-order chi connectivity index (χ1) is 17.7. The lowest BCUT2D eigenvalue weighted by molar-refractivity contribution is -0.144. The Bertz CT molecular complexity index is 1070. The van der Waals surface area contributed by atoms with E-state index >= 15 is 0 Å². The largest absolute Gasteiger partial charge is 0.493 e. The summed E-state index contributed by atoms with van der Waals surface area (Å²) < 4.78 is 27.2. The third-order valence-corrected chi connectivity index (χ3v) is 6.83. The van der Waals surface area contributed by atoms with E-state index in [1.54, 1.807) is 35.4 Å². The van der Waals surface area contributed by atoms with Crippen LogP contribution >= 0.6 is 0 Å². The van der Waals surface area contributed by atoms with Crippen molar-refractivity contribution in [3.63, 3.8) is 0 Å². The Morgan fingerprint density at radius 3 is 2.35 bits per heavy atom. The summed E-state index contributed by atoms with van der Waals surface area (Å²) in [6.45, 7) is 8.07. The van der Waals surface area contributed by atoms with E-state index in [0.29, 0.717) is 48.0 Å². The number of carbonyl (C=O) groups is 1. The molecule has 2 rings (SSSR count). The highest BCUT2D eigenvalue weighted by molar-refractivity contribution is 6.03. The van der Waals surface area contributed by atoms with Crippen molar-refractivity contribution in [3.05, 3.63) is 47.4 Å². The molecule has 0 aromatic heterocycles. The van der Waals surface area contributed by atoms with Gasteiger partial charge in [-0.25, -0.2) is 4.79 Å². The van der Waals surface area contributed by atoms with Crippen LogP contribution in [0.25, 0.3) is 0 Å². The van der Waals surface area contributed by atoms with E-state index in [1.807, 2.05) is 51.1 Å². The van der Waals surface area contributed by atoms with Gasteiger partial charge in [-0.15, -0.1) is 0 Å². The maximum atomic E-state index is 12.9. The zero-order valence-corrected chi connectivity index (χ0v) is 23.3. The maximum absolute atomic E-state index is 12.9. The van der Waals surface area contributed by atoms with E-state index in [4.69, 9.17) is 28.7 Å². The third-order valence-electron chi connectivity index (χ3n) is 6.83. The van der Waals surface area contributed by atoms with Crippen molar-refractivity contribution in [2.45, 2.75) is 58.4 Å². The van der Waals surface area contributed by atoms with Crippen molar-refractivity contribution in [1.29, 1.82) is 5.26 Å². The van der Waals surface area contributed by atoms with Crippen molar-refractivity contribution < 1.29 is 28.5 Å². The minimum Gasteiger partial charge on any atom is -0.493 e. The van der Waals surface area contributed by atoms with Crippen LogP contribution in [0.4, 0.5) is 0 Å². The smallest absolute Gasteiger partial charge is 0.330 e. The SMILES string of the molecule is CCOC(=O)C(CCCC(C#N)(c1ccc(OC)c(OC)c1)C(C)C)N=C1C(OC)=C(OC)C=CC1C. The van der Waals surface area contributed by atoms with Gasteiger partial charge in [-0.1, -0.05) is 32.9 Å². The van der Waals surface area contributed by atoms with Crippen LogP contribution in [0.5, 0.6) is 11.5 Å². The molecule has 8 heteroatoms. The number of allylic oxidation sites excluding steroid dienone is 3. The molecule has 0 heterocycles. The molecule has 0 N–H and O–H groups in total. The maximum Gasteiger partial charge on any atom is 0.330 e. The molecule has 202 valence electrons. The Labute approximate surface area is 220 Å². The van der Waals surface area contributed by atoms with Gasteiger partial charge in [0.1, 0.15) is 6.04 Å². The van der Waals surface area contributed by atoms with Crippen LogP contribution in [-0.2, 0) is 24.4 Å². The number of nitrogens with zero attached hydrogens (tertiary/aromatic N) is 2. The average Bonchev–Trinajstić information content (AvgIpc) is 2.90. The van der Waals surface area contributed by atoms with E-state index in [9.17, 15) is 10.1 Å². The zero-order chi connectivity index (χ0) is 27.6. The molecule has 1 aromatic carbocycles. The summed E-state index contributed by atoms with van der Waals surface area (Å²) in [5.41, 5.74) is 0.699. The molecule has 1 aliphatic rings. The van der Waals surface area contributed by atoms with E-state index in [-0.39, 0.29) is 18.4 Å². The quantitative estimate of drug-likeness (QED) is 0.327. The Balaban J connectivity index is 2.39. The lowest BCUT2D eigenvalue weighted by Crippen LogP contribution is -2.32. The van der Waals surface area contributed by atoms with Crippen molar-refractivity contribution in [3.8, 4) is 17.6 Å². The number of esters is 1. The highest BCUT2D eigenvalue weighted by Crippen LogP contribution is 2.41. The van der Waals surface area contributed by atoms with Gasteiger partial charge in [0.15, 0.2) is 23.0 Å². The predicted molar refractivity (Wildman–Crippen MR) is 143 cm³/mol. The number of aliphatic imine (C=N–C) groups is 1. The molecule has 1 aliphatic carbocycles. The van der Waals surface area contributed by atoms with Crippen LogP contribution in [0.3, 0.4) is 0 Å². The number of carbonyl (C=O) groups excluding carboxylic acids is 1. The lowest BCUT2D eigenvalue weighted by atomic mass is 9.69. The first-order valence-corrected chi connectivity index (χ1v) is 12.6. The van der Waals surface area contributed by atoms with E-state index in [2.05, 4.69) is 6.07 Å². The summed E-state index contributed by atoms with van der Waals surface area (Å²) >= 11 is 0. The van der Waals surface area contributed by atoms with Crippen LogP contribution < -0.4 is 9.47 Å². The number of hydrogen-bond acceptors (Lipinski definition) is 8. The Morgan fingerprint density at radius 2 is 1.81 bits per heavy atom. The Morgan fingerprint density at radius 1 is 1.11 bits per heavy atom. The standard InChI is InChI=1S/C29H40N2O6/c1-9-37-28(32)22(31-26-20(4)12-14-24(34-6)27(26)36-8)11-10-16-29(18-30,19(2)3)21-13-15-23(33-5)25(17-21)35-7/h12-15,17,19-20,22H,9-11,16H2,1-8H3. The molecule has 0 aliphatic heterocycles. The molecule has 0 saturated carbocycles. The summed E-state index contributed by atoms with van der Waals surface area (Å²) in [4.78, 5) is 17.7. The van der Waals surface area contributed by atoms with Crippen molar-refractivity contribution in [2.75, 3.05) is 35.0 Å². The van der Waals surface area contributed by atoms with Gasteiger partial charge in [-0.05, 0) is 55.9 Å². The second-order valence-electron chi connectivity index (χ2n) is 9.23. The fraction of sp³-hybridized carbons (Fsp3) is 0.552. The number of nitriles is 1. The summed E-state index contributed by atoms with van der Waals surface area (Å²) in [5, 5.41) is 10.4.